The summed E-state index contributed by atoms with van der Waals surface area (Å²) < 4.78 is 86.2. The van der Waals surface area contributed by atoms with Crippen molar-refractivity contribution in [2.75, 3.05) is 0 Å². The predicted octanol–water partition coefficient (Wildman–Crippen LogP) is 7.58. The molecule has 3 aromatic carbocycles. The highest BCUT2D eigenvalue weighted by Crippen LogP contribution is 2.48. The first-order chi connectivity index (χ1) is 18.0. The van der Waals surface area contributed by atoms with Crippen LogP contribution in [0.15, 0.2) is 78.9 Å². The molecular formula is C29H26ClF6NO2. The first kappa shape index (κ1) is 29.1. The molecule has 39 heavy (non-hydrogen) atoms. The van der Waals surface area contributed by atoms with Gasteiger partial charge < -0.3 is 10.1 Å². The van der Waals surface area contributed by atoms with Crippen molar-refractivity contribution in [1.82, 2.24) is 5.32 Å². The third-order valence-electron chi connectivity index (χ3n) is 7.54. The average molecular weight is 570 g/mol. The van der Waals surface area contributed by atoms with Crippen molar-refractivity contribution in [3.8, 4) is 0 Å². The van der Waals surface area contributed by atoms with Crippen molar-refractivity contribution >= 4 is 18.2 Å². The Balaban J connectivity index is 0.00000353. The number of halogens is 7. The Morgan fingerprint density at radius 2 is 1.41 bits per heavy atom. The summed E-state index contributed by atoms with van der Waals surface area (Å²) in [4.78, 5) is 13.4. The maximum Gasteiger partial charge on any atom is 0.416 e. The Kier molecular flexibility index (Phi) is 8.17. The summed E-state index contributed by atoms with van der Waals surface area (Å²) in [5, 5.41) is 3.57. The molecule has 2 heterocycles. The number of ether oxygens (including phenoxy) is 1. The van der Waals surface area contributed by atoms with E-state index in [0.29, 0.717) is 37.0 Å². The lowest BCUT2D eigenvalue weighted by molar-refractivity contribution is -0.143. The fraction of sp³-hybridized carbons (Fsp3) is 0.345. The second-order valence-electron chi connectivity index (χ2n) is 9.92. The van der Waals surface area contributed by atoms with Crippen LogP contribution in [0.5, 0.6) is 0 Å². The molecule has 5 rings (SSSR count). The molecule has 2 fully saturated rings. The molecule has 1 N–H and O–H groups in total. The number of nitrogens with one attached hydrogen (secondary N) is 1. The van der Waals surface area contributed by atoms with Gasteiger partial charge in [0.05, 0.1) is 29.4 Å². The van der Waals surface area contributed by atoms with Crippen molar-refractivity contribution < 1.29 is 35.9 Å². The number of piperidine rings is 1. The molecule has 3 nitrogen and oxygen atoms in total. The number of fused-ring (bicyclic) bond motifs is 2. The normalized spacial score (nSPS) is 24.7. The number of carbonyl (C=O) groups is 1. The van der Waals surface area contributed by atoms with E-state index in [1.165, 1.54) is 0 Å². The third-order valence-corrected chi connectivity index (χ3v) is 7.54. The molecule has 10 heteroatoms. The van der Waals surface area contributed by atoms with Crippen LogP contribution in [0.4, 0.5) is 26.3 Å². The molecule has 0 aromatic heterocycles. The second kappa shape index (κ2) is 10.9. The zero-order valence-electron chi connectivity index (χ0n) is 20.6. The molecular weight excluding hydrogens is 544 g/mol. The first-order valence-corrected chi connectivity index (χ1v) is 12.3. The summed E-state index contributed by atoms with van der Waals surface area (Å²) in [5.74, 6) is -0.356. The van der Waals surface area contributed by atoms with Crippen molar-refractivity contribution in [3.05, 3.63) is 107 Å². The highest BCUT2D eigenvalue weighted by Gasteiger charge is 2.56. The van der Waals surface area contributed by atoms with E-state index in [9.17, 15) is 31.1 Å². The van der Waals surface area contributed by atoms with Gasteiger partial charge in [0.1, 0.15) is 0 Å². The number of ketones is 1. The van der Waals surface area contributed by atoms with E-state index < -0.39 is 41.7 Å². The largest absolute Gasteiger partial charge is 0.416 e. The summed E-state index contributed by atoms with van der Waals surface area (Å²) in [6.07, 6.45) is -8.96. The first-order valence-electron chi connectivity index (χ1n) is 12.3. The number of benzene rings is 3. The molecule has 0 unspecified atom stereocenters. The lowest BCUT2D eigenvalue weighted by atomic mass is 9.79. The lowest BCUT2D eigenvalue weighted by Gasteiger charge is -2.42. The second-order valence-corrected chi connectivity index (χ2v) is 9.92. The quantitative estimate of drug-likeness (QED) is 0.246. The van der Waals surface area contributed by atoms with Crippen LogP contribution in [0, 0.1) is 5.92 Å². The molecule has 2 saturated heterocycles. The van der Waals surface area contributed by atoms with E-state index >= 15 is 0 Å². The van der Waals surface area contributed by atoms with Crippen molar-refractivity contribution in [3.63, 3.8) is 0 Å². The minimum Gasteiger partial charge on any atom is -0.371 e. The Bertz CT molecular complexity index is 1270. The summed E-state index contributed by atoms with van der Waals surface area (Å²) in [5.41, 5.74) is -2.32. The van der Waals surface area contributed by atoms with E-state index in [4.69, 9.17) is 4.74 Å². The maximum absolute atomic E-state index is 13.4. The van der Waals surface area contributed by atoms with Gasteiger partial charge in [-0.25, -0.2) is 0 Å². The van der Waals surface area contributed by atoms with Gasteiger partial charge >= 0.3 is 12.4 Å². The van der Waals surface area contributed by atoms with Gasteiger partial charge in [0.25, 0.3) is 0 Å². The number of Topliss-reactive ketones (excluding diaryl/α,β-unsaturated/α-hetero) is 1. The summed E-state index contributed by atoms with van der Waals surface area (Å²) in [6.45, 7) is -0.435. The minimum atomic E-state index is -4.93. The Morgan fingerprint density at radius 1 is 0.846 bits per heavy atom. The number of hydrogen-bond acceptors (Lipinski definition) is 3. The van der Waals surface area contributed by atoms with Gasteiger partial charge in [-0.1, -0.05) is 60.7 Å². The van der Waals surface area contributed by atoms with Crippen LogP contribution in [0.25, 0.3) is 0 Å². The van der Waals surface area contributed by atoms with Gasteiger partial charge in [-0.2, -0.15) is 26.3 Å². The maximum atomic E-state index is 13.4. The van der Waals surface area contributed by atoms with E-state index in [1.807, 2.05) is 36.4 Å². The standard InChI is InChI=1S/C29H25F6NO2.ClH/c30-28(31,32)21-13-18(14-22(15-21)29(33,34)35)17-38-25-12-11-24-23(26(37)19-7-3-1-4-8-19)16-27(25,36-24)20-9-5-2-6-10-20;/h1-10,13-15,23-25,36H,11-12,16-17H2;1H/t23-,24+,25-,27-;/m1./s1. The number of carbonyl (C=O) groups excluding carboxylic acids is 1. The van der Waals surface area contributed by atoms with E-state index in [0.717, 1.165) is 5.56 Å². The van der Waals surface area contributed by atoms with Crippen LogP contribution in [0.2, 0.25) is 0 Å². The lowest BCUT2D eigenvalue weighted by Crippen LogP contribution is -2.54. The molecule has 0 spiro atoms. The van der Waals surface area contributed by atoms with E-state index in [2.05, 4.69) is 5.32 Å². The molecule has 2 aliphatic rings. The molecule has 0 amide bonds. The molecule has 208 valence electrons. The van der Waals surface area contributed by atoms with Gasteiger partial charge in [-0.3, -0.25) is 4.79 Å². The molecule has 0 radical (unpaired) electrons. The molecule has 0 aliphatic carbocycles. The van der Waals surface area contributed by atoms with Crippen LogP contribution in [-0.2, 0) is 29.2 Å². The van der Waals surface area contributed by atoms with Gasteiger partial charge in [0, 0.05) is 17.5 Å². The zero-order valence-corrected chi connectivity index (χ0v) is 21.4. The highest BCUT2D eigenvalue weighted by atomic mass is 35.5. The van der Waals surface area contributed by atoms with Crippen molar-refractivity contribution in [1.29, 1.82) is 0 Å². The van der Waals surface area contributed by atoms with Gasteiger partial charge in [0.2, 0.25) is 0 Å². The van der Waals surface area contributed by atoms with Crippen LogP contribution >= 0.6 is 12.4 Å². The smallest absolute Gasteiger partial charge is 0.371 e. The Morgan fingerprint density at radius 3 is 1.97 bits per heavy atom. The average Bonchev–Trinajstić information content (AvgIpc) is 3.21. The predicted molar refractivity (Wildman–Crippen MR) is 135 cm³/mol. The molecule has 4 atom stereocenters. The van der Waals surface area contributed by atoms with Gasteiger partial charge in [-0.05, 0) is 48.6 Å². The molecule has 0 saturated carbocycles. The van der Waals surface area contributed by atoms with Gasteiger partial charge in [-0.15, -0.1) is 12.4 Å². The molecule has 2 aliphatic heterocycles. The minimum absolute atomic E-state index is 0. The summed E-state index contributed by atoms with van der Waals surface area (Å²) in [6, 6.07) is 19.7. The summed E-state index contributed by atoms with van der Waals surface area (Å²) >= 11 is 0. The van der Waals surface area contributed by atoms with Crippen LogP contribution < -0.4 is 5.32 Å². The highest BCUT2D eigenvalue weighted by molar-refractivity contribution is 5.98. The number of hydrogen-bond donors (Lipinski definition) is 1. The van der Waals surface area contributed by atoms with Crippen LogP contribution in [0.3, 0.4) is 0 Å². The van der Waals surface area contributed by atoms with E-state index in [-0.39, 0.29) is 41.8 Å². The molecule has 2 bridgehead atoms. The topological polar surface area (TPSA) is 38.3 Å². The molecule has 3 aromatic rings. The zero-order chi connectivity index (χ0) is 27.1. The van der Waals surface area contributed by atoms with Crippen molar-refractivity contribution in [2.24, 2.45) is 5.92 Å². The van der Waals surface area contributed by atoms with Crippen molar-refractivity contribution in [2.45, 2.75) is 55.9 Å². The van der Waals surface area contributed by atoms with E-state index in [1.54, 1.807) is 24.3 Å². The Hall–Kier alpha value is -2.88. The number of rotatable bonds is 6. The SMILES string of the molecule is Cl.O=C(c1ccccc1)[C@@H]1C[C@]2(c3ccccc3)N[C@H]1CC[C@H]2OCc1cc(C(F)(F)F)cc(C(F)(F)F)c1. The Labute approximate surface area is 228 Å². The summed E-state index contributed by atoms with van der Waals surface area (Å²) in [7, 11) is 0. The fourth-order valence-corrected chi connectivity index (χ4v) is 5.79. The van der Waals surface area contributed by atoms with Crippen LogP contribution in [0.1, 0.15) is 51.9 Å². The number of alkyl halides is 6. The third kappa shape index (κ3) is 5.85. The van der Waals surface area contributed by atoms with Crippen LogP contribution in [-0.4, -0.2) is 17.9 Å². The van der Waals surface area contributed by atoms with Gasteiger partial charge in [0.15, 0.2) is 5.78 Å². The fourth-order valence-electron chi connectivity index (χ4n) is 5.79. The monoisotopic (exact) mass is 569 g/mol.